The van der Waals surface area contributed by atoms with Crippen LogP contribution in [0, 0.1) is 0 Å². The molecule has 1 N–H and O–H groups in total. The van der Waals surface area contributed by atoms with Gasteiger partial charge in [0.25, 0.3) is 11.5 Å². The molecule has 6 nitrogen and oxygen atoms in total. The molecule has 1 fully saturated rings. The average Bonchev–Trinajstić information content (AvgIpc) is 2.37. The molecule has 0 spiro atoms. The van der Waals surface area contributed by atoms with Crippen LogP contribution in [0.5, 0.6) is 0 Å². The molecule has 1 atom stereocenters. The molecule has 2 rings (SSSR count). The van der Waals surface area contributed by atoms with E-state index in [0.717, 1.165) is 12.7 Å². The molecule has 1 unspecified atom stereocenters. The number of hydrogen-bond donors (Lipinski definition) is 1. The number of piperazine rings is 1. The van der Waals surface area contributed by atoms with Gasteiger partial charge in [0, 0.05) is 31.7 Å². The second-order valence-corrected chi connectivity index (χ2v) is 5.24. The highest BCUT2D eigenvalue weighted by atomic mass is 16.2. The Labute approximate surface area is 112 Å². The first-order chi connectivity index (χ1) is 8.99. The number of aromatic nitrogens is 2. The predicted molar refractivity (Wildman–Crippen MR) is 72.1 cm³/mol. The van der Waals surface area contributed by atoms with Crippen molar-refractivity contribution in [1.29, 1.82) is 0 Å². The van der Waals surface area contributed by atoms with Gasteiger partial charge in [0.05, 0.1) is 12.4 Å². The highest BCUT2D eigenvalue weighted by molar-refractivity contribution is 5.92. The lowest BCUT2D eigenvalue weighted by Gasteiger charge is -2.41. The maximum atomic E-state index is 12.3. The lowest BCUT2D eigenvalue weighted by Crippen LogP contribution is -2.55. The zero-order chi connectivity index (χ0) is 14.0. The van der Waals surface area contributed by atoms with E-state index in [1.54, 1.807) is 4.90 Å². The van der Waals surface area contributed by atoms with Crippen LogP contribution in [-0.4, -0.2) is 57.4 Å². The summed E-state index contributed by atoms with van der Waals surface area (Å²) >= 11 is 0. The SMILES string of the molecule is CC(C)N1CCN(C(=O)c2cncc(=O)[nH]2)CC1C. The molecule has 2 heterocycles. The minimum Gasteiger partial charge on any atom is -0.334 e. The fourth-order valence-corrected chi connectivity index (χ4v) is 2.58. The van der Waals surface area contributed by atoms with Gasteiger partial charge < -0.3 is 9.88 Å². The van der Waals surface area contributed by atoms with Gasteiger partial charge >= 0.3 is 0 Å². The van der Waals surface area contributed by atoms with E-state index in [2.05, 4.69) is 35.6 Å². The topological polar surface area (TPSA) is 69.3 Å². The molecule has 0 radical (unpaired) electrons. The summed E-state index contributed by atoms with van der Waals surface area (Å²) in [5.74, 6) is -0.152. The van der Waals surface area contributed by atoms with Crippen molar-refractivity contribution >= 4 is 5.91 Å². The summed E-state index contributed by atoms with van der Waals surface area (Å²) in [6.45, 7) is 8.64. The van der Waals surface area contributed by atoms with Gasteiger partial charge in [-0.05, 0) is 20.8 Å². The van der Waals surface area contributed by atoms with Gasteiger partial charge in [-0.1, -0.05) is 0 Å². The number of nitrogens with one attached hydrogen (secondary N) is 1. The highest BCUT2D eigenvalue weighted by Gasteiger charge is 2.28. The molecule has 19 heavy (non-hydrogen) atoms. The third-order valence-corrected chi connectivity index (χ3v) is 3.51. The standard InChI is InChI=1S/C13H20N4O2/c1-9(2)17-5-4-16(8-10(17)3)13(19)11-6-14-7-12(18)15-11/h6-7,9-10H,4-5,8H2,1-3H3,(H,15,18). The lowest BCUT2D eigenvalue weighted by molar-refractivity contribution is 0.0421. The largest absolute Gasteiger partial charge is 0.334 e. The van der Waals surface area contributed by atoms with Crippen molar-refractivity contribution in [2.24, 2.45) is 0 Å². The van der Waals surface area contributed by atoms with Crippen molar-refractivity contribution in [3.05, 3.63) is 28.4 Å². The zero-order valence-electron chi connectivity index (χ0n) is 11.6. The van der Waals surface area contributed by atoms with Gasteiger partial charge in [0.1, 0.15) is 5.69 Å². The van der Waals surface area contributed by atoms with E-state index in [4.69, 9.17) is 0 Å². The molecule has 0 bridgehead atoms. The van der Waals surface area contributed by atoms with Crippen molar-refractivity contribution in [2.45, 2.75) is 32.9 Å². The molecule has 1 amide bonds. The van der Waals surface area contributed by atoms with Crippen LogP contribution in [0.1, 0.15) is 31.3 Å². The van der Waals surface area contributed by atoms with Gasteiger partial charge in [-0.25, -0.2) is 0 Å². The number of rotatable bonds is 2. The van der Waals surface area contributed by atoms with Crippen LogP contribution in [0.2, 0.25) is 0 Å². The fraction of sp³-hybridized carbons (Fsp3) is 0.615. The van der Waals surface area contributed by atoms with E-state index >= 15 is 0 Å². The lowest BCUT2D eigenvalue weighted by atomic mass is 10.1. The summed E-state index contributed by atoms with van der Waals surface area (Å²) in [4.78, 5) is 33.9. The quantitative estimate of drug-likeness (QED) is 0.835. The molecule has 6 heteroatoms. The molecule has 1 saturated heterocycles. The Kier molecular flexibility index (Phi) is 3.99. The number of carbonyl (C=O) groups is 1. The third-order valence-electron chi connectivity index (χ3n) is 3.51. The monoisotopic (exact) mass is 264 g/mol. The summed E-state index contributed by atoms with van der Waals surface area (Å²) in [6.07, 6.45) is 2.57. The Hall–Kier alpha value is -1.69. The highest BCUT2D eigenvalue weighted by Crippen LogP contribution is 2.14. The molecule has 1 aliphatic heterocycles. The first kappa shape index (κ1) is 13.7. The summed E-state index contributed by atoms with van der Waals surface area (Å²) in [7, 11) is 0. The van der Waals surface area contributed by atoms with Crippen LogP contribution in [0.15, 0.2) is 17.2 Å². The van der Waals surface area contributed by atoms with Gasteiger partial charge in [-0.3, -0.25) is 19.5 Å². The number of carbonyl (C=O) groups excluding carboxylic acids is 1. The van der Waals surface area contributed by atoms with E-state index in [9.17, 15) is 9.59 Å². The van der Waals surface area contributed by atoms with Crippen LogP contribution < -0.4 is 5.56 Å². The minimum absolute atomic E-state index is 0.152. The molecule has 1 aromatic rings. The Morgan fingerprint density at radius 2 is 2.16 bits per heavy atom. The summed E-state index contributed by atoms with van der Waals surface area (Å²) in [5, 5.41) is 0. The molecular formula is C13H20N4O2. The smallest absolute Gasteiger partial charge is 0.272 e. The van der Waals surface area contributed by atoms with E-state index < -0.39 is 0 Å². The third kappa shape index (κ3) is 3.01. The van der Waals surface area contributed by atoms with Crippen molar-refractivity contribution in [1.82, 2.24) is 19.8 Å². The van der Waals surface area contributed by atoms with Crippen molar-refractivity contribution in [3.8, 4) is 0 Å². The molecule has 1 aliphatic rings. The zero-order valence-corrected chi connectivity index (χ0v) is 11.6. The van der Waals surface area contributed by atoms with Crippen LogP contribution in [0.4, 0.5) is 0 Å². The van der Waals surface area contributed by atoms with Gasteiger partial charge in [-0.15, -0.1) is 0 Å². The summed E-state index contributed by atoms with van der Waals surface area (Å²) < 4.78 is 0. The Morgan fingerprint density at radius 3 is 2.74 bits per heavy atom. The minimum atomic E-state index is -0.347. The second-order valence-electron chi connectivity index (χ2n) is 5.24. The molecule has 1 aromatic heterocycles. The van der Waals surface area contributed by atoms with Crippen molar-refractivity contribution in [3.63, 3.8) is 0 Å². The van der Waals surface area contributed by atoms with Crippen LogP contribution in [0.25, 0.3) is 0 Å². The van der Waals surface area contributed by atoms with Crippen molar-refractivity contribution < 1.29 is 4.79 Å². The maximum Gasteiger partial charge on any atom is 0.272 e. The average molecular weight is 264 g/mol. The van der Waals surface area contributed by atoms with Gasteiger partial charge in [0.15, 0.2) is 0 Å². The van der Waals surface area contributed by atoms with Gasteiger partial charge in [-0.2, -0.15) is 0 Å². The number of H-pyrrole nitrogens is 1. The number of amides is 1. The Bertz CT molecular complexity index is 511. The second kappa shape index (κ2) is 5.52. The van der Waals surface area contributed by atoms with Gasteiger partial charge in [0.2, 0.25) is 0 Å². The summed E-state index contributed by atoms with van der Waals surface area (Å²) in [6, 6.07) is 0.798. The normalized spacial score (nSPS) is 20.8. The number of aromatic amines is 1. The predicted octanol–water partition coefficient (Wildman–Crippen LogP) is 0.325. The van der Waals surface area contributed by atoms with E-state index in [1.807, 2.05) is 0 Å². The van der Waals surface area contributed by atoms with Crippen molar-refractivity contribution in [2.75, 3.05) is 19.6 Å². The van der Waals surface area contributed by atoms with Crippen LogP contribution >= 0.6 is 0 Å². The first-order valence-corrected chi connectivity index (χ1v) is 6.58. The fourth-order valence-electron chi connectivity index (χ4n) is 2.58. The van der Waals surface area contributed by atoms with E-state index in [-0.39, 0.29) is 17.2 Å². The Balaban J connectivity index is 2.08. The summed E-state index contributed by atoms with van der Waals surface area (Å²) in [5.41, 5.74) is -0.0857. The van der Waals surface area contributed by atoms with E-state index in [1.165, 1.54) is 6.20 Å². The number of nitrogens with zero attached hydrogens (tertiary/aromatic N) is 3. The Morgan fingerprint density at radius 1 is 1.42 bits per heavy atom. The van der Waals surface area contributed by atoms with Crippen LogP contribution in [-0.2, 0) is 0 Å². The first-order valence-electron chi connectivity index (χ1n) is 6.58. The van der Waals surface area contributed by atoms with Crippen LogP contribution in [0.3, 0.4) is 0 Å². The molecule has 104 valence electrons. The maximum absolute atomic E-state index is 12.3. The molecule has 0 saturated carbocycles. The molecule has 0 aromatic carbocycles. The number of hydrogen-bond acceptors (Lipinski definition) is 4. The molecular weight excluding hydrogens is 244 g/mol. The van der Waals surface area contributed by atoms with E-state index in [0.29, 0.717) is 25.2 Å². The molecule has 0 aliphatic carbocycles.